The Kier molecular flexibility index (Phi) is 11.1. The summed E-state index contributed by atoms with van der Waals surface area (Å²) in [5.41, 5.74) is 3.94. The van der Waals surface area contributed by atoms with E-state index in [0.29, 0.717) is 62.6 Å². The molecule has 4 rings (SSSR count). The summed E-state index contributed by atoms with van der Waals surface area (Å²) in [5, 5.41) is 5.93. The van der Waals surface area contributed by atoms with Crippen LogP contribution in [-0.4, -0.2) is 65.2 Å². The van der Waals surface area contributed by atoms with Crippen molar-refractivity contribution in [3.63, 3.8) is 0 Å². The molecule has 2 amide bonds. The summed E-state index contributed by atoms with van der Waals surface area (Å²) in [6.07, 6.45) is 3.53. The number of thiophene rings is 1. The van der Waals surface area contributed by atoms with E-state index in [9.17, 15) is 18.0 Å². The average molecular weight is 594 g/mol. The maximum Gasteiger partial charge on any atom is 0.245 e. The summed E-state index contributed by atoms with van der Waals surface area (Å²) in [4.78, 5) is 32.2. The van der Waals surface area contributed by atoms with Crippen LogP contribution in [0.25, 0.3) is 10.4 Å². The molecule has 0 bridgehead atoms. The standard InChI is InChI=1S/C28H39N3O7S2/c1-2-36-16-14-29-20-26(33)30-22-9-7-8-21(18-22)23-11-12-24(39-23)28(13-4-6-17-40(28,34)35)19-25(32)31-38-27-10-3-5-15-37-27/h7-9,11-12,18,27,29H,2-6,10,13-17,19-20H2,1H3,(H,30,33)(H,31,32)/t27?,28-/m0/s1. The Labute approximate surface area is 240 Å². The zero-order chi connectivity index (χ0) is 28.4. The van der Waals surface area contributed by atoms with Crippen LogP contribution in [0.3, 0.4) is 0 Å². The minimum atomic E-state index is -3.59. The lowest BCUT2D eigenvalue weighted by atomic mass is 9.94. The number of benzene rings is 1. The van der Waals surface area contributed by atoms with Crippen molar-refractivity contribution in [2.45, 2.75) is 62.9 Å². The van der Waals surface area contributed by atoms with Crippen LogP contribution in [0.5, 0.6) is 0 Å². The first-order valence-electron chi connectivity index (χ1n) is 13.9. The summed E-state index contributed by atoms with van der Waals surface area (Å²) in [7, 11) is -3.59. The van der Waals surface area contributed by atoms with Gasteiger partial charge in [-0.15, -0.1) is 11.3 Å². The first kappa shape index (κ1) is 30.6. The highest BCUT2D eigenvalue weighted by molar-refractivity contribution is 7.92. The van der Waals surface area contributed by atoms with Gasteiger partial charge in [0.05, 0.1) is 25.3 Å². The number of carbonyl (C=O) groups is 2. The van der Waals surface area contributed by atoms with Crippen molar-refractivity contribution in [3.8, 4) is 10.4 Å². The number of hydrogen-bond donors (Lipinski definition) is 3. The fourth-order valence-corrected chi connectivity index (χ4v) is 8.81. The number of rotatable bonds is 13. The molecule has 2 saturated heterocycles. The smallest absolute Gasteiger partial charge is 0.245 e. The molecule has 12 heteroatoms. The summed E-state index contributed by atoms with van der Waals surface area (Å²) < 4.78 is 36.5. The molecule has 0 saturated carbocycles. The Morgan fingerprint density at radius 3 is 2.77 bits per heavy atom. The molecular weight excluding hydrogens is 554 g/mol. The van der Waals surface area contributed by atoms with Crippen molar-refractivity contribution in [1.29, 1.82) is 0 Å². The van der Waals surface area contributed by atoms with E-state index in [1.165, 1.54) is 11.3 Å². The van der Waals surface area contributed by atoms with Crippen LogP contribution in [0, 0.1) is 0 Å². The predicted octanol–water partition coefficient (Wildman–Crippen LogP) is 3.74. The Balaban J connectivity index is 1.46. The second-order valence-electron chi connectivity index (χ2n) is 10.1. The number of ether oxygens (including phenoxy) is 2. The highest BCUT2D eigenvalue weighted by atomic mass is 32.2. The minimum Gasteiger partial charge on any atom is -0.380 e. The quantitative estimate of drug-likeness (QED) is 0.236. The molecule has 1 aromatic heterocycles. The molecule has 40 heavy (non-hydrogen) atoms. The van der Waals surface area contributed by atoms with Gasteiger partial charge in [-0.25, -0.2) is 18.7 Å². The Morgan fingerprint density at radius 2 is 2.00 bits per heavy atom. The lowest BCUT2D eigenvalue weighted by Gasteiger charge is -2.35. The molecule has 2 atom stereocenters. The van der Waals surface area contributed by atoms with Gasteiger partial charge in [0.15, 0.2) is 16.1 Å². The zero-order valence-electron chi connectivity index (χ0n) is 22.9. The Morgan fingerprint density at radius 1 is 1.12 bits per heavy atom. The average Bonchev–Trinajstić information content (AvgIpc) is 3.45. The van der Waals surface area contributed by atoms with Gasteiger partial charge in [0.25, 0.3) is 0 Å². The van der Waals surface area contributed by atoms with E-state index in [-0.39, 0.29) is 24.6 Å². The summed E-state index contributed by atoms with van der Waals surface area (Å²) >= 11 is 1.37. The number of hydroxylamine groups is 1. The number of nitrogens with one attached hydrogen (secondary N) is 3. The van der Waals surface area contributed by atoms with Gasteiger partial charge in [-0.2, -0.15) is 0 Å². The molecule has 3 heterocycles. The van der Waals surface area contributed by atoms with Crippen molar-refractivity contribution in [2.75, 3.05) is 44.0 Å². The SMILES string of the molecule is CCOCCNCC(=O)Nc1cccc(-c2ccc([C@@]3(CC(=O)NOC4CCCCO4)CCCCS3(=O)=O)s2)c1. The maximum atomic E-state index is 13.5. The third kappa shape index (κ3) is 7.89. The molecule has 0 aliphatic carbocycles. The summed E-state index contributed by atoms with van der Waals surface area (Å²) in [6.45, 7) is 4.43. The second kappa shape index (κ2) is 14.5. The lowest BCUT2D eigenvalue weighted by molar-refractivity contribution is -0.200. The van der Waals surface area contributed by atoms with Gasteiger partial charge in [-0.3, -0.25) is 9.59 Å². The van der Waals surface area contributed by atoms with Crippen molar-refractivity contribution in [3.05, 3.63) is 41.3 Å². The van der Waals surface area contributed by atoms with E-state index in [4.69, 9.17) is 14.3 Å². The van der Waals surface area contributed by atoms with Gasteiger partial charge >= 0.3 is 0 Å². The third-order valence-corrected chi connectivity index (χ3v) is 11.2. The van der Waals surface area contributed by atoms with Crippen LogP contribution in [0.15, 0.2) is 36.4 Å². The van der Waals surface area contributed by atoms with Crippen molar-refractivity contribution < 1.29 is 32.3 Å². The number of anilines is 1. The molecule has 1 aromatic carbocycles. The number of carbonyl (C=O) groups excluding carboxylic acids is 2. The minimum absolute atomic E-state index is 0.0419. The van der Waals surface area contributed by atoms with Crippen LogP contribution >= 0.6 is 11.3 Å². The Hall–Kier alpha value is -2.35. The van der Waals surface area contributed by atoms with Crippen LogP contribution in [0.1, 0.15) is 56.7 Å². The molecule has 0 radical (unpaired) electrons. The first-order valence-corrected chi connectivity index (χ1v) is 16.4. The topological polar surface area (TPSA) is 132 Å². The third-order valence-electron chi connectivity index (χ3n) is 7.13. The second-order valence-corrected chi connectivity index (χ2v) is 13.6. The highest BCUT2D eigenvalue weighted by Crippen LogP contribution is 2.47. The number of sulfone groups is 1. The molecule has 3 N–H and O–H groups in total. The van der Waals surface area contributed by atoms with E-state index < -0.39 is 26.8 Å². The largest absolute Gasteiger partial charge is 0.380 e. The fraction of sp³-hybridized carbons (Fsp3) is 0.571. The molecule has 2 aromatic rings. The van der Waals surface area contributed by atoms with Crippen LogP contribution < -0.4 is 16.1 Å². The van der Waals surface area contributed by atoms with Gasteiger partial charge in [0.1, 0.15) is 4.75 Å². The first-order chi connectivity index (χ1) is 19.3. The highest BCUT2D eigenvalue weighted by Gasteiger charge is 2.49. The van der Waals surface area contributed by atoms with E-state index in [0.717, 1.165) is 23.3 Å². The molecule has 220 valence electrons. The normalized spacial score (nSPS) is 22.5. The van der Waals surface area contributed by atoms with Crippen LogP contribution in [0.4, 0.5) is 5.69 Å². The van der Waals surface area contributed by atoms with Crippen molar-refractivity contribution >= 4 is 38.7 Å². The van der Waals surface area contributed by atoms with E-state index in [1.54, 1.807) is 0 Å². The zero-order valence-corrected chi connectivity index (χ0v) is 24.5. The monoisotopic (exact) mass is 593 g/mol. The number of hydrogen-bond acceptors (Lipinski definition) is 9. The van der Waals surface area contributed by atoms with Gasteiger partial charge in [-0.1, -0.05) is 18.6 Å². The van der Waals surface area contributed by atoms with Gasteiger partial charge in [0, 0.05) is 41.6 Å². The summed E-state index contributed by atoms with van der Waals surface area (Å²) in [5.74, 6) is -0.603. The molecule has 0 spiro atoms. The summed E-state index contributed by atoms with van der Waals surface area (Å²) in [6, 6.07) is 11.1. The van der Waals surface area contributed by atoms with E-state index in [2.05, 4.69) is 16.1 Å². The molecule has 2 aliphatic rings. The predicted molar refractivity (Wildman–Crippen MR) is 154 cm³/mol. The maximum absolute atomic E-state index is 13.5. The molecule has 1 unspecified atom stereocenters. The molecule has 2 fully saturated rings. The number of amides is 2. The lowest BCUT2D eigenvalue weighted by Crippen LogP contribution is -2.45. The van der Waals surface area contributed by atoms with Crippen LogP contribution in [0.2, 0.25) is 0 Å². The van der Waals surface area contributed by atoms with Gasteiger partial charge < -0.3 is 20.1 Å². The Bertz CT molecular complexity index is 1240. The van der Waals surface area contributed by atoms with Gasteiger partial charge in [-0.05, 0) is 62.4 Å². The van der Waals surface area contributed by atoms with Gasteiger partial charge in [0.2, 0.25) is 11.8 Å². The van der Waals surface area contributed by atoms with Crippen molar-refractivity contribution in [2.24, 2.45) is 0 Å². The van der Waals surface area contributed by atoms with Crippen molar-refractivity contribution in [1.82, 2.24) is 10.8 Å². The van der Waals surface area contributed by atoms with Crippen LogP contribution in [-0.2, 0) is 38.5 Å². The molecule has 10 nitrogen and oxygen atoms in total. The molecule has 2 aliphatic heterocycles. The van der Waals surface area contributed by atoms with E-state index in [1.807, 2.05) is 43.3 Å². The molecular formula is C28H39N3O7S2. The fourth-order valence-electron chi connectivity index (χ4n) is 5.03. The van der Waals surface area contributed by atoms with E-state index >= 15 is 0 Å².